The van der Waals surface area contributed by atoms with Gasteiger partial charge >= 0.3 is 0 Å². The molecule has 1 aliphatic carbocycles. The minimum absolute atomic E-state index is 0.0738. The molecule has 2 atom stereocenters. The Labute approximate surface area is 199 Å². The smallest absolute Gasteiger partial charge is 0.263 e. The summed E-state index contributed by atoms with van der Waals surface area (Å²) in [6.07, 6.45) is 6.37. The first-order valence-corrected chi connectivity index (χ1v) is 12.3. The molecule has 7 nitrogen and oxygen atoms in total. The summed E-state index contributed by atoms with van der Waals surface area (Å²) >= 11 is 5.02. The maximum absolute atomic E-state index is 12.9. The van der Waals surface area contributed by atoms with Gasteiger partial charge in [-0.15, -0.1) is 0 Å². The number of nitrogens with zero attached hydrogens (tertiary/aromatic N) is 2. The van der Waals surface area contributed by atoms with Gasteiger partial charge in [0.2, 0.25) is 0 Å². The van der Waals surface area contributed by atoms with E-state index in [1.807, 2.05) is 18.2 Å². The highest BCUT2D eigenvalue weighted by molar-refractivity contribution is 7.80. The van der Waals surface area contributed by atoms with E-state index in [-0.39, 0.29) is 22.6 Å². The molecule has 0 spiro atoms. The van der Waals surface area contributed by atoms with Crippen molar-refractivity contribution >= 4 is 34.8 Å². The van der Waals surface area contributed by atoms with Crippen LogP contribution in [0.15, 0.2) is 47.6 Å². The monoisotopic (exact) mass is 466 g/mol. The van der Waals surface area contributed by atoms with Gasteiger partial charge in [-0.1, -0.05) is 43.2 Å². The zero-order valence-corrected chi connectivity index (χ0v) is 19.5. The first kappa shape index (κ1) is 22.3. The number of carbonyl (C=O) groups is 2. The summed E-state index contributed by atoms with van der Waals surface area (Å²) in [7, 11) is 0. The van der Waals surface area contributed by atoms with Crippen LogP contribution >= 0.6 is 12.2 Å². The van der Waals surface area contributed by atoms with E-state index in [0.29, 0.717) is 0 Å². The Morgan fingerprint density at radius 2 is 1.67 bits per heavy atom. The van der Waals surface area contributed by atoms with Gasteiger partial charge in [-0.25, -0.2) is 0 Å². The quantitative estimate of drug-likeness (QED) is 0.402. The Bertz CT molecular complexity index is 978. The topological polar surface area (TPSA) is 73.9 Å². The van der Waals surface area contributed by atoms with Crippen LogP contribution in [-0.4, -0.2) is 72.2 Å². The van der Waals surface area contributed by atoms with Gasteiger partial charge in [-0.05, 0) is 42.3 Å². The Balaban J connectivity index is 1.57. The summed E-state index contributed by atoms with van der Waals surface area (Å²) in [6.45, 7) is 5.38. The number of amides is 2. The lowest BCUT2D eigenvalue weighted by molar-refractivity contribution is -0.123. The van der Waals surface area contributed by atoms with Crippen molar-refractivity contribution in [3.8, 4) is 0 Å². The summed E-state index contributed by atoms with van der Waals surface area (Å²) in [5, 5.41) is 5.33. The Hall–Kier alpha value is -2.55. The fraction of sp³-hybridized carbons (Fsp3) is 0.480. The fourth-order valence-electron chi connectivity index (χ4n) is 5.57. The average Bonchev–Trinajstić information content (AvgIpc) is 2.83. The fourth-order valence-corrected chi connectivity index (χ4v) is 5.75. The highest BCUT2D eigenvalue weighted by Gasteiger charge is 2.41. The molecule has 0 unspecified atom stereocenters. The van der Waals surface area contributed by atoms with Crippen molar-refractivity contribution in [3.63, 3.8) is 0 Å². The van der Waals surface area contributed by atoms with Crippen LogP contribution in [0.1, 0.15) is 31.2 Å². The van der Waals surface area contributed by atoms with Crippen LogP contribution in [0.25, 0.3) is 5.70 Å². The van der Waals surface area contributed by atoms with Crippen molar-refractivity contribution < 1.29 is 14.3 Å². The van der Waals surface area contributed by atoms with E-state index >= 15 is 0 Å². The lowest BCUT2D eigenvalue weighted by Crippen LogP contribution is -2.53. The van der Waals surface area contributed by atoms with Crippen molar-refractivity contribution in [2.75, 3.05) is 39.4 Å². The predicted molar refractivity (Wildman–Crippen MR) is 130 cm³/mol. The molecule has 33 heavy (non-hydrogen) atoms. The standard InChI is InChI=1S/C25H30N4O3S/c30-23-22(24(31)27-25(33)26-23)19-16-21(17-6-2-1-3-7-17)29(20-9-5-4-8-18(19)20)11-10-28-12-14-32-15-13-28/h1-3,6-7,16,18,20H,4-5,8-15H2,(H2,26,27,30,31,33)/t18-,20+/m0/s1. The number of thiocarbonyl (C=S) groups is 1. The highest BCUT2D eigenvalue weighted by atomic mass is 32.1. The molecule has 3 fully saturated rings. The van der Waals surface area contributed by atoms with Gasteiger partial charge in [0.05, 0.1) is 13.2 Å². The molecule has 174 valence electrons. The molecule has 2 saturated heterocycles. The highest BCUT2D eigenvalue weighted by Crippen LogP contribution is 2.43. The van der Waals surface area contributed by atoms with Gasteiger partial charge in [-0.3, -0.25) is 25.1 Å². The van der Waals surface area contributed by atoms with E-state index in [0.717, 1.165) is 81.9 Å². The van der Waals surface area contributed by atoms with Crippen molar-refractivity contribution in [1.82, 2.24) is 20.4 Å². The number of hydrogen-bond donors (Lipinski definition) is 2. The molecule has 1 aromatic carbocycles. The molecule has 3 heterocycles. The maximum atomic E-state index is 12.9. The van der Waals surface area contributed by atoms with E-state index < -0.39 is 11.8 Å². The van der Waals surface area contributed by atoms with Gasteiger partial charge in [0.25, 0.3) is 11.8 Å². The summed E-state index contributed by atoms with van der Waals surface area (Å²) in [6, 6.07) is 10.6. The molecule has 0 radical (unpaired) electrons. The minimum Gasteiger partial charge on any atom is -0.379 e. The number of hydrogen-bond acceptors (Lipinski definition) is 6. The van der Waals surface area contributed by atoms with Crippen molar-refractivity contribution in [3.05, 3.63) is 53.1 Å². The van der Waals surface area contributed by atoms with E-state index in [9.17, 15) is 9.59 Å². The van der Waals surface area contributed by atoms with Gasteiger partial charge in [-0.2, -0.15) is 0 Å². The SMILES string of the molecule is O=C1NC(=S)NC(=O)C1=C1C=C(c2ccccc2)N(CCN2CCOCC2)[C@@H]2CCCC[C@@H]12. The third kappa shape index (κ3) is 4.60. The molecule has 5 rings (SSSR count). The number of ether oxygens (including phenoxy) is 1. The molecule has 1 aromatic rings. The molecular formula is C25H30N4O3S. The van der Waals surface area contributed by atoms with E-state index in [1.54, 1.807) is 0 Å². The van der Waals surface area contributed by atoms with Gasteiger partial charge < -0.3 is 9.64 Å². The van der Waals surface area contributed by atoms with Crippen molar-refractivity contribution in [1.29, 1.82) is 0 Å². The maximum Gasteiger partial charge on any atom is 0.263 e. The number of allylic oxidation sites excluding steroid dienone is 1. The molecule has 1 saturated carbocycles. The van der Waals surface area contributed by atoms with E-state index in [1.165, 1.54) is 0 Å². The largest absolute Gasteiger partial charge is 0.379 e. The number of nitrogens with one attached hydrogen (secondary N) is 2. The van der Waals surface area contributed by atoms with Crippen LogP contribution in [0, 0.1) is 5.92 Å². The zero-order chi connectivity index (χ0) is 22.8. The van der Waals surface area contributed by atoms with Gasteiger partial charge in [0.1, 0.15) is 5.57 Å². The molecule has 3 aliphatic heterocycles. The van der Waals surface area contributed by atoms with Crippen molar-refractivity contribution in [2.45, 2.75) is 31.7 Å². The first-order chi connectivity index (χ1) is 16.1. The van der Waals surface area contributed by atoms with Crippen LogP contribution in [0.3, 0.4) is 0 Å². The number of rotatable bonds is 4. The van der Waals surface area contributed by atoms with Crippen LogP contribution in [0.2, 0.25) is 0 Å². The van der Waals surface area contributed by atoms with Crippen LogP contribution in [-0.2, 0) is 14.3 Å². The summed E-state index contributed by atoms with van der Waals surface area (Å²) < 4.78 is 5.52. The van der Waals surface area contributed by atoms with Crippen LogP contribution < -0.4 is 10.6 Å². The van der Waals surface area contributed by atoms with Crippen LogP contribution in [0.5, 0.6) is 0 Å². The number of fused-ring (bicyclic) bond motifs is 1. The minimum atomic E-state index is -0.395. The second-order valence-electron chi connectivity index (χ2n) is 9.07. The Morgan fingerprint density at radius 3 is 2.39 bits per heavy atom. The molecule has 8 heteroatoms. The molecule has 0 aromatic heterocycles. The normalized spacial score (nSPS) is 26.5. The lowest BCUT2D eigenvalue weighted by Gasteiger charge is -2.48. The van der Waals surface area contributed by atoms with Crippen molar-refractivity contribution in [2.24, 2.45) is 5.92 Å². The van der Waals surface area contributed by atoms with Crippen LogP contribution in [0.4, 0.5) is 0 Å². The average molecular weight is 467 g/mol. The predicted octanol–water partition coefficient (Wildman–Crippen LogP) is 2.06. The lowest BCUT2D eigenvalue weighted by atomic mass is 9.73. The zero-order valence-electron chi connectivity index (χ0n) is 18.7. The number of benzene rings is 1. The third-order valence-corrected chi connectivity index (χ3v) is 7.36. The molecule has 2 N–H and O–H groups in total. The molecule has 0 bridgehead atoms. The first-order valence-electron chi connectivity index (χ1n) is 11.9. The number of morpholine rings is 1. The summed E-state index contributed by atoms with van der Waals surface area (Å²) in [4.78, 5) is 30.7. The second-order valence-corrected chi connectivity index (χ2v) is 9.48. The van der Waals surface area contributed by atoms with Gasteiger partial charge in [0, 0.05) is 43.8 Å². The Morgan fingerprint density at radius 1 is 0.970 bits per heavy atom. The Kier molecular flexibility index (Phi) is 6.57. The van der Waals surface area contributed by atoms with Gasteiger partial charge in [0.15, 0.2) is 5.11 Å². The molecular weight excluding hydrogens is 436 g/mol. The third-order valence-electron chi connectivity index (χ3n) is 7.16. The van der Waals surface area contributed by atoms with E-state index in [4.69, 9.17) is 17.0 Å². The molecule has 4 aliphatic rings. The summed E-state index contributed by atoms with van der Waals surface area (Å²) in [5.74, 6) is -0.643. The number of carbonyl (C=O) groups excluding carboxylic acids is 2. The summed E-state index contributed by atoms with van der Waals surface area (Å²) in [5.41, 5.74) is 3.25. The second kappa shape index (κ2) is 9.75. The van der Waals surface area contributed by atoms with E-state index in [2.05, 4.69) is 38.6 Å². The molecule has 2 amide bonds.